The number of pyridine rings is 1. The first-order chi connectivity index (χ1) is 7.74. The first-order valence-corrected chi connectivity index (χ1v) is 4.02. The van der Waals surface area contributed by atoms with Crippen molar-refractivity contribution in [3.05, 3.63) is 17.3 Å². The molecule has 1 rings (SSSR count). The summed E-state index contributed by atoms with van der Waals surface area (Å²) >= 11 is 0. The zero-order chi connectivity index (χ0) is 13.2. The maximum Gasteiger partial charge on any atom is 0.574 e. The summed E-state index contributed by atoms with van der Waals surface area (Å²) in [5.74, 6) is -3.95. The molecule has 17 heavy (non-hydrogen) atoms. The number of halogens is 4. The molecule has 1 aromatic heterocycles. The fourth-order valence-corrected chi connectivity index (χ4v) is 0.977. The lowest BCUT2D eigenvalue weighted by Gasteiger charge is -2.11. The number of hydrogen-bond acceptors (Lipinski definition) is 4. The molecule has 0 amide bonds. The second-order valence-electron chi connectivity index (χ2n) is 2.81. The summed E-state index contributed by atoms with van der Waals surface area (Å²) in [7, 11) is 0. The highest BCUT2D eigenvalue weighted by molar-refractivity contribution is 5.88. The predicted octanol–water partition coefficient (Wildman–Crippen LogP) is 1.85. The summed E-state index contributed by atoms with van der Waals surface area (Å²) in [5, 5.41) is 17.6. The van der Waals surface area contributed by atoms with E-state index in [1.54, 1.807) is 0 Å². The van der Waals surface area contributed by atoms with E-state index in [0.717, 1.165) is 0 Å². The number of carboxylic acids is 1. The Labute approximate surface area is 91.3 Å². The van der Waals surface area contributed by atoms with Gasteiger partial charge in [0.2, 0.25) is 5.88 Å². The highest BCUT2D eigenvalue weighted by Gasteiger charge is 2.34. The van der Waals surface area contributed by atoms with Crippen LogP contribution in [0.4, 0.5) is 17.6 Å². The van der Waals surface area contributed by atoms with Crippen LogP contribution in [0.1, 0.15) is 16.1 Å². The number of ether oxygens (including phenoxy) is 1. The van der Waals surface area contributed by atoms with Gasteiger partial charge in [0, 0.05) is 5.56 Å². The minimum absolute atomic E-state index is 0.511. The SMILES string of the molecule is O=C(O)c1nc(OC(F)(F)F)c(CF)cc1O. The van der Waals surface area contributed by atoms with E-state index in [9.17, 15) is 22.4 Å². The first kappa shape index (κ1) is 13.0. The molecular weight excluding hydrogens is 250 g/mol. The molecule has 0 fully saturated rings. The van der Waals surface area contributed by atoms with E-state index >= 15 is 0 Å². The van der Waals surface area contributed by atoms with E-state index in [1.807, 2.05) is 0 Å². The van der Waals surface area contributed by atoms with E-state index in [-0.39, 0.29) is 0 Å². The lowest BCUT2D eigenvalue weighted by molar-refractivity contribution is -0.276. The average Bonchev–Trinajstić information content (AvgIpc) is 2.17. The Kier molecular flexibility index (Phi) is 3.39. The van der Waals surface area contributed by atoms with E-state index in [2.05, 4.69) is 9.72 Å². The Hall–Kier alpha value is -2.06. The van der Waals surface area contributed by atoms with Gasteiger partial charge in [-0.1, -0.05) is 0 Å². The molecule has 0 saturated carbocycles. The molecule has 0 unspecified atom stereocenters. The number of aromatic carboxylic acids is 1. The summed E-state index contributed by atoms with van der Waals surface area (Å²) < 4.78 is 51.4. The smallest absolute Gasteiger partial charge is 0.505 e. The summed E-state index contributed by atoms with van der Waals surface area (Å²) in [6.45, 7) is -1.40. The van der Waals surface area contributed by atoms with Crippen LogP contribution in [0.5, 0.6) is 11.6 Å². The number of hydrogen-bond donors (Lipinski definition) is 2. The first-order valence-electron chi connectivity index (χ1n) is 4.02. The quantitative estimate of drug-likeness (QED) is 0.806. The Morgan fingerprint density at radius 1 is 1.47 bits per heavy atom. The number of aromatic hydroxyl groups is 1. The van der Waals surface area contributed by atoms with Crippen molar-refractivity contribution in [2.24, 2.45) is 0 Å². The molecule has 0 saturated heterocycles. The number of aromatic nitrogens is 1. The zero-order valence-corrected chi connectivity index (χ0v) is 7.95. The topological polar surface area (TPSA) is 79.7 Å². The molecule has 1 heterocycles. The van der Waals surface area contributed by atoms with Crippen LogP contribution in [-0.4, -0.2) is 27.5 Å². The van der Waals surface area contributed by atoms with Gasteiger partial charge in [-0.25, -0.2) is 14.2 Å². The fourth-order valence-electron chi connectivity index (χ4n) is 0.977. The number of rotatable bonds is 3. The molecule has 2 N–H and O–H groups in total. The second-order valence-corrected chi connectivity index (χ2v) is 2.81. The molecular formula is C8H5F4NO4. The maximum atomic E-state index is 12.3. The predicted molar refractivity (Wildman–Crippen MR) is 44.4 cm³/mol. The second kappa shape index (κ2) is 4.44. The molecule has 0 aliphatic carbocycles. The van der Waals surface area contributed by atoms with Crippen LogP contribution in [0, 0.1) is 0 Å². The molecule has 0 aliphatic rings. The van der Waals surface area contributed by atoms with Crippen molar-refractivity contribution in [1.82, 2.24) is 4.98 Å². The van der Waals surface area contributed by atoms with Crippen molar-refractivity contribution in [2.45, 2.75) is 13.0 Å². The minimum atomic E-state index is -5.14. The van der Waals surface area contributed by atoms with E-state index < -0.39 is 41.9 Å². The number of carboxylic acid groups (broad SMARTS) is 1. The van der Waals surface area contributed by atoms with Crippen LogP contribution >= 0.6 is 0 Å². The fraction of sp³-hybridized carbons (Fsp3) is 0.250. The lowest BCUT2D eigenvalue weighted by atomic mass is 10.2. The molecule has 5 nitrogen and oxygen atoms in total. The Balaban J connectivity index is 3.26. The molecule has 0 atom stereocenters. The van der Waals surface area contributed by atoms with Gasteiger partial charge in [-0.3, -0.25) is 0 Å². The molecule has 1 aromatic rings. The lowest BCUT2D eigenvalue weighted by Crippen LogP contribution is -2.19. The summed E-state index contributed by atoms with van der Waals surface area (Å²) in [6.07, 6.45) is -5.14. The third kappa shape index (κ3) is 3.20. The van der Waals surface area contributed by atoms with Gasteiger partial charge in [-0.05, 0) is 6.07 Å². The van der Waals surface area contributed by atoms with Crippen LogP contribution in [-0.2, 0) is 6.67 Å². The third-order valence-electron chi connectivity index (χ3n) is 1.60. The standard InChI is InChI=1S/C8H5F4NO4/c9-2-3-1-4(14)5(7(15)16)13-6(3)17-8(10,11)12/h1,14H,2H2,(H,15,16). The molecule has 0 aliphatic heterocycles. The average molecular weight is 255 g/mol. The van der Waals surface area contributed by atoms with Crippen molar-refractivity contribution >= 4 is 5.97 Å². The van der Waals surface area contributed by atoms with Gasteiger partial charge < -0.3 is 14.9 Å². The normalized spacial score (nSPS) is 11.3. The molecule has 0 bridgehead atoms. The van der Waals surface area contributed by atoms with E-state index in [0.29, 0.717) is 6.07 Å². The monoisotopic (exact) mass is 255 g/mol. The molecule has 0 spiro atoms. The summed E-state index contributed by atoms with van der Waals surface area (Å²) in [5.41, 5.74) is -1.76. The van der Waals surface area contributed by atoms with Crippen LogP contribution < -0.4 is 4.74 Å². The van der Waals surface area contributed by atoms with Gasteiger partial charge in [0.1, 0.15) is 12.4 Å². The van der Waals surface area contributed by atoms with Crippen LogP contribution in [0.3, 0.4) is 0 Å². The molecule has 0 radical (unpaired) electrons. The minimum Gasteiger partial charge on any atom is -0.505 e. The van der Waals surface area contributed by atoms with Gasteiger partial charge in [0.25, 0.3) is 0 Å². The van der Waals surface area contributed by atoms with Crippen molar-refractivity contribution in [3.8, 4) is 11.6 Å². The molecule has 0 aromatic carbocycles. The van der Waals surface area contributed by atoms with Crippen LogP contribution in [0.25, 0.3) is 0 Å². The van der Waals surface area contributed by atoms with E-state index in [4.69, 9.17) is 10.2 Å². The van der Waals surface area contributed by atoms with Crippen molar-refractivity contribution in [3.63, 3.8) is 0 Å². The molecule has 9 heteroatoms. The maximum absolute atomic E-state index is 12.3. The molecule has 94 valence electrons. The van der Waals surface area contributed by atoms with Gasteiger partial charge in [-0.2, -0.15) is 0 Å². The Morgan fingerprint density at radius 3 is 2.47 bits per heavy atom. The summed E-state index contributed by atoms with van der Waals surface area (Å²) in [6, 6.07) is 0.511. The number of carbonyl (C=O) groups is 1. The van der Waals surface area contributed by atoms with Gasteiger partial charge in [-0.15, -0.1) is 13.2 Å². The van der Waals surface area contributed by atoms with E-state index in [1.165, 1.54) is 0 Å². The van der Waals surface area contributed by atoms with Gasteiger partial charge in [0.05, 0.1) is 0 Å². The van der Waals surface area contributed by atoms with Crippen molar-refractivity contribution in [1.29, 1.82) is 0 Å². The zero-order valence-electron chi connectivity index (χ0n) is 7.95. The van der Waals surface area contributed by atoms with Crippen molar-refractivity contribution < 1.29 is 37.3 Å². The summed E-state index contributed by atoms with van der Waals surface area (Å²) in [4.78, 5) is 13.4. The van der Waals surface area contributed by atoms with Crippen LogP contribution in [0.2, 0.25) is 0 Å². The Morgan fingerprint density at radius 2 is 2.06 bits per heavy atom. The van der Waals surface area contributed by atoms with Gasteiger partial charge >= 0.3 is 12.3 Å². The highest BCUT2D eigenvalue weighted by Crippen LogP contribution is 2.29. The third-order valence-corrected chi connectivity index (χ3v) is 1.60. The van der Waals surface area contributed by atoms with Gasteiger partial charge in [0.15, 0.2) is 5.69 Å². The van der Waals surface area contributed by atoms with Crippen molar-refractivity contribution in [2.75, 3.05) is 0 Å². The Bertz CT molecular complexity index is 446. The number of alkyl halides is 4. The van der Waals surface area contributed by atoms with Crippen LogP contribution in [0.15, 0.2) is 6.07 Å². The number of nitrogens with zero attached hydrogens (tertiary/aromatic N) is 1. The highest BCUT2D eigenvalue weighted by atomic mass is 19.4. The largest absolute Gasteiger partial charge is 0.574 e.